The van der Waals surface area contributed by atoms with Gasteiger partial charge in [-0.25, -0.2) is 14.4 Å². The van der Waals surface area contributed by atoms with E-state index >= 15 is 0 Å². The van der Waals surface area contributed by atoms with Gasteiger partial charge in [0.15, 0.2) is 0 Å². The molecule has 0 spiro atoms. The molecule has 0 fully saturated rings. The first kappa shape index (κ1) is 18.3. The van der Waals surface area contributed by atoms with E-state index in [1.165, 1.54) is 17.7 Å². The maximum absolute atomic E-state index is 13.3. The predicted octanol–water partition coefficient (Wildman–Crippen LogP) is 3.95. The Morgan fingerprint density at radius 1 is 1.17 bits per heavy atom. The zero-order valence-electron chi connectivity index (χ0n) is 16.2. The second-order valence-electron chi connectivity index (χ2n) is 7.29. The molecule has 6 nitrogen and oxygen atoms in total. The topological polar surface area (TPSA) is 73.9 Å². The molecule has 0 aliphatic carbocycles. The lowest BCUT2D eigenvalue weighted by atomic mass is 10.2. The number of aromatic amines is 1. The first-order valence-electron chi connectivity index (χ1n) is 9.91. The number of imidazole rings is 1. The molecular weight excluding hydrogens is 381 g/mol. The molecule has 150 valence electrons. The number of carbonyl (C=O) groups excluding carboxylic acids is 1. The summed E-state index contributed by atoms with van der Waals surface area (Å²) in [6.45, 7) is 1.31. The molecule has 2 aromatic heterocycles. The molecule has 1 aliphatic rings. The van der Waals surface area contributed by atoms with Gasteiger partial charge in [-0.3, -0.25) is 4.79 Å². The van der Waals surface area contributed by atoms with Crippen LogP contribution >= 0.6 is 0 Å². The number of nitrogens with one attached hydrogen (secondary N) is 2. The van der Waals surface area contributed by atoms with Gasteiger partial charge in [-0.05, 0) is 48.4 Å². The molecule has 30 heavy (non-hydrogen) atoms. The summed E-state index contributed by atoms with van der Waals surface area (Å²) in [6.07, 6.45) is 3.13. The Balaban J connectivity index is 1.20. The molecule has 0 saturated heterocycles. The lowest BCUT2D eigenvalue weighted by Gasteiger charge is -2.17. The normalized spacial score (nSPS) is 12.9. The fourth-order valence-corrected chi connectivity index (χ4v) is 3.79. The number of carbonyl (C=O) groups is 1. The van der Waals surface area contributed by atoms with E-state index in [0.29, 0.717) is 36.4 Å². The van der Waals surface area contributed by atoms with Crippen LogP contribution in [0.1, 0.15) is 21.7 Å². The van der Waals surface area contributed by atoms with E-state index in [1.54, 1.807) is 18.3 Å². The van der Waals surface area contributed by atoms with Gasteiger partial charge in [0.05, 0.1) is 16.6 Å². The average Bonchev–Trinajstić information content (AvgIpc) is 3.37. The number of hydrogen-bond donors (Lipinski definition) is 2. The number of benzene rings is 2. The number of anilines is 2. The second kappa shape index (κ2) is 7.59. The fourth-order valence-electron chi connectivity index (χ4n) is 3.79. The average molecular weight is 401 g/mol. The maximum atomic E-state index is 13.3. The molecule has 1 aliphatic heterocycles. The Morgan fingerprint density at radius 2 is 2.07 bits per heavy atom. The third kappa shape index (κ3) is 3.50. The van der Waals surface area contributed by atoms with Gasteiger partial charge in [-0.1, -0.05) is 18.2 Å². The number of H-pyrrole nitrogens is 1. The number of nitrogens with zero attached hydrogens (tertiary/aromatic N) is 3. The van der Waals surface area contributed by atoms with Crippen LogP contribution in [0.25, 0.3) is 11.0 Å². The van der Waals surface area contributed by atoms with Crippen LogP contribution in [-0.2, 0) is 12.8 Å². The standard InChI is InChI=1S/C23H20FN5O/c24-17-6-7-18-19(13-17)28-22(27-18)9-11-25-21-8-5-16(14-26-21)23(30)29-12-10-15-3-1-2-4-20(15)29/h1-8,13-14H,9-12H2,(H,25,26)(H,27,28). The number of aromatic nitrogens is 3. The Bertz CT molecular complexity index is 1220. The highest BCUT2D eigenvalue weighted by molar-refractivity contribution is 6.07. The van der Waals surface area contributed by atoms with Crippen molar-refractivity contribution in [2.45, 2.75) is 12.8 Å². The van der Waals surface area contributed by atoms with E-state index in [4.69, 9.17) is 0 Å². The maximum Gasteiger partial charge on any atom is 0.259 e. The molecule has 2 N–H and O–H groups in total. The van der Waals surface area contributed by atoms with Crippen LogP contribution in [0.4, 0.5) is 15.9 Å². The van der Waals surface area contributed by atoms with Gasteiger partial charge in [0, 0.05) is 31.4 Å². The largest absolute Gasteiger partial charge is 0.370 e. The third-order valence-corrected chi connectivity index (χ3v) is 5.30. The van der Waals surface area contributed by atoms with Gasteiger partial charge in [0.2, 0.25) is 0 Å². The van der Waals surface area contributed by atoms with Gasteiger partial charge < -0.3 is 15.2 Å². The minimum Gasteiger partial charge on any atom is -0.370 e. The van der Waals surface area contributed by atoms with Crippen molar-refractivity contribution >= 4 is 28.4 Å². The number of para-hydroxylation sites is 1. The molecule has 0 bridgehead atoms. The Kier molecular flexibility index (Phi) is 4.63. The van der Waals surface area contributed by atoms with Crippen LogP contribution in [0.5, 0.6) is 0 Å². The minimum atomic E-state index is -0.285. The smallest absolute Gasteiger partial charge is 0.259 e. The van der Waals surface area contributed by atoms with Crippen molar-refractivity contribution in [3.05, 3.63) is 83.6 Å². The van der Waals surface area contributed by atoms with Gasteiger partial charge in [-0.15, -0.1) is 0 Å². The zero-order valence-corrected chi connectivity index (χ0v) is 16.2. The molecule has 0 radical (unpaired) electrons. The first-order valence-corrected chi connectivity index (χ1v) is 9.91. The fraction of sp³-hybridized carbons (Fsp3) is 0.174. The summed E-state index contributed by atoms with van der Waals surface area (Å²) in [4.78, 5) is 26.6. The molecule has 7 heteroatoms. The Morgan fingerprint density at radius 3 is 2.93 bits per heavy atom. The van der Waals surface area contributed by atoms with E-state index in [0.717, 1.165) is 23.4 Å². The Labute approximate surface area is 172 Å². The van der Waals surface area contributed by atoms with Crippen LogP contribution < -0.4 is 10.2 Å². The number of halogens is 1. The highest BCUT2D eigenvalue weighted by atomic mass is 19.1. The summed E-state index contributed by atoms with van der Waals surface area (Å²) in [5.74, 6) is 1.15. The van der Waals surface area contributed by atoms with Crippen molar-refractivity contribution < 1.29 is 9.18 Å². The van der Waals surface area contributed by atoms with Crippen molar-refractivity contribution in [3.63, 3.8) is 0 Å². The summed E-state index contributed by atoms with van der Waals surface area (Å²) in [5, 5.41) is 3.23. The molecule has 0 atom stereocenters. The van der Waals surface area contributed by atoms with Crippen LogP contribution in [0.15, 0.2) is 60.8 Å². The van der Waals surface area contributed by atoms with Crippen molar-refractivity contribution in [1.29, 1.82) is 0 Å². The Hall–Kier alpha value is -3.74. The van der Waals surface area contributed by atoms with E-state index in [2.05, 4.69) is 26.3 Å². The van der Waals surface area contributed by atoms with E-state index in [-0.39, 0.29) is 11.7 Å². The summed E-state index contributed by atoms with van der Waals surface area (Å²) < 4.78 is 13.3. The SMILES string of the molecule is O=C(c1ccc(NCCc2nc3ccc(F)cc3[nH]2)nc1)N1CCc2ccccc21. The van der Waals surface area contributed by atoms with Crippen molar-refractivity contribution in [3.8, 4) is 0 Å². The van der Waals surface area contributed by atoms with Gasteiger partial charge in [-0.2, -0.15) is 0 Å². The van der Waals surface area contributed by atoms with Crippen LogP contribution in [0.2, 0.25) is 0 Å². The van der Waals surface area contributed by atoms with Gasteiger partial charge in [0.25, 0.3) is 5.91 Å². The lowest BCUT2D eigenvalue weighted by molar-refractivity contribution is 0.0989. The van der Waals surface area contributed by atoms with Crippen molar-refractivity contribution in [2.24, 2.45) is 0 Å². The van der Waals surface area contributed by atoms with Crippen molar-refractivity contribution in [1.82, 2.24) is 15.0 Å². The van der Waals surface area contributed by atoms with Gasteiger partial charge in [0.1, 0.15) is 17.5 Å². The molecule has 3 heterocycles. The summed E-state index contributed by atoms with van der Waals surface area (Å²) in [6, 6.07) is 16.1. The lowest BCUT2D eigenvalue weighted by Crippen LogP contribution is -2.28. The van der Waals surface area contributed by atoms with Crippen LogP contribution in [0, 0.1) is 5.82 Å². The number of hydrogen-bond acceptors (Lipinski definition) is 4. The highest BCUT2D eigenvalue weighted by Crippen LogP contribution is 2.28. The quantitative estimate of drug-likeness (QED) is 0.531. The molecule has 5 rings (SSSR count). The number of fused-ring (bicyclic) bond motifs is 2. The number of rotatable bonds is 5. The van der Waals surface area contributed by atoms with Crippen molar-refractivity contribution in [2.75, 3.05) is 23.3 Å². The number of amides is 1. The molecule has 0 unspecified atom stereocenters. The summed E-state index contributed by atoms with van der Waals surface area (Å²) in [7, 11) is 0. The molecular formula is C23H20FN5O. The summed E-state index contributed by atoms with van der Waals surface area (Å²) >= 11 is 0. The van der Waals surface area contributed by atoms with E-state index in [9.17, 15) is 9.18 Å². The van der Waals surface area contributed by atoms with Gasteiger partial charge >= 0.3 is 0 Å². The first-order chi connectivity index (χ1) is 14.7. The molecule has 2 aromatic carbocycles. The molecule has 1 amide bonds. The molecule has 0 saturated carbocycles. The van der Waals surface area contributed by atoms with E-state index < -0.39 is 0 Å². The summed E-state index contributed by atoms with van der Waals surface area (Å²) in [5.41, 5.74) is 4.18. The third-order valence-electron chi connectivity index (χ3n) is 5.30. The highest BCUT2D eigenvalue weighted by Gasteiger charge is 2.25. The monoisotopic (exact) mass is 401 g/mol. The second-order valence-corrected chi connectivity index (χ2v) is 7.29. The number of pyridine rings is 1. The minimum absolute atomic E-state index is 0.0338. The zero-order chi connectivity index (χ0) is 20.5. The van der Waals surface area contributed by atoms with Crippen LogP contribution in [-0.4, -0.2) is 33.9 Å². The van der Waals surface area contributed by atoms with E-state index in [1.807, 2.05) is 29.2 Å². The van der Waals surface area contributed by atoms with Crippen LogP contribution in [0.3, 0.4) is 0 Å². The predicted molar refractivity (Wildman–Crippen MR) is 114 cm³/mol. The molecule has 4 aromatic rings.